The third-order valence-electron chi connectivity index (χ3n) is 5.83. The van der Waals surface area contributed by atoms with Gasteiger partial charge in [0, 0.05) is 46.4 Å². The van der Waals surface area contributed by atoms with Crippen LogP contribution in [0.2, 0.25) is 0 Å². The number of para-hydroxylation sites is 1. The molecule has 0 unspecified atom stereocenters. The summed E-state index contributed by atoms with van der Waals surface area (Å²) in [4.78, 5) is 9.27. The molecule has 4 rings (SSSR count). The van der Waals surface area contributed by atoms with Gasteiger partial charge >= 0.3 is 0 Å². The van der Waals surface area contributed by atoms with E-state index in [1.54, 1.807) is 12.3 Å². The first-order chi connectivity index (χ1) is 16.4. The molecule has 7 nitrogen and oxygen atoms in total. The molecule has 1 aliphatic heterocycles. The number of aromatic nitrogens is 2. The highest BCUT2D eigenvalue weighted by molar-refractivity contribution is 5.96. The molecule has 0 radical (unpaired) electrons. The number of allylic oxidation sites excluding steroid dienone is 1. The molecule has 0 spiro atoms. The molecule has 178 valence electrons. The number of ether oxygens (including phenoxy) is 1. The Morgan fingerprint density at radius 1 is 1.21 bits per heavy atom. The Kier molecular flexibility index (Phi) is 7.37. The van der Waals surface area contributed by atoms with Crippen molar-refractivity contribution in [2.75, 3.05) is 25.5 Å². The normalized spacial score (nSPS) is 14.9. The molecular formula is C26H31FN6O. The highest BCUT2D eigenvalue weighted by atomic mass is 19.1. The Balaban J connectivity index is 1.69. The van der Waals surface area contributed by atoms with Crippen LogP contribution in [0.15, 0.2) is 54.5 Å². The molecule has 2 aromatic carbocycles. The summed E-state index contributed by atoms with van der Waals surface area (Å²) in [7, 11) is 1.53. The molecule has 0 atom stereocenters. The number of fused-ring (bicyclic) bond motifs is 1. The average molecular weight is 463 g/mol. The maximum atomic E-state index is 13.8. The monoisotopic (exact) mass is 462 g/mol. The van der Waals surface area contributed by atoms with Crippen LogP contribution in [0.25, 0.3) is 22.0 Å². The smallest absolute Gasteiger partial charge is 0.228 e. The minimum atomic E-state index is -0.358. The SMILES string of the molecule is COc1cc(F)ccc1-c1cccc2cnc(N/C(=C/C(=N)C3CCNCC3)NC(C)C)nc12. The average Bonchev–Trinajstić information content (AvgIpc) is 2.83. The predicted octanol–water partition coefficient (Wildman–Crippen LogP) is 4.72. The fourth-order valence-electron chi connectivity index (χ4n) is 4.17. The second-order valence-corrected chi connectivity index (χ2v) is 8.74. The minimum Gasteiger partial charge on any atom is -0.496 e. The van der Waals surface area contributed by atoms with Crippen molar-refractivity contribution in [1.29, 1.82) is 5.41 Å². The van der Waals surface area contributed by atoms with E-state index in [0.29, 0.717) is 23.2 Å². The van der Waals surface area contributed by atoms with Crippen LogP contribution in [-0.4, -0.2) is 41.9 Å². The molecule has 2 heterocycles. The van der Waals surface area contributed by atoms with Crippen LogP contribution < -0.4 is 20.7 Å². The van der Waals surface area contributed by atoms with Gasteiger partial charge in [-0.3, -0.25) is 0 Å². The van der Waals surface area contributed by atoms with E-state index in [1.165, 1.54) is 19.2 Å². The lowest BCUT2D eigenvalue weighted by Gasteiger charge is -2.23. The zero-order valence-corrected chi connectivity index (χ0v) is 19.8. The van der Waals surface area contributed by atoms with E-state index < -0.39 is 0 Å². The van der Waals surface area contributed by atoms with Crippen molar-refractivity contribution in [1.82, 2.24) is 20.6 Å². The number of anilines is 1. The van der Waals surface area contributed by atoms with Crippen molar-refractivity contribution in [2.45, 2.75) is 32.7 Å². The topological polar surface area (TPSA) is 95.0 Å². The van der Waals surface area contributed by atoms with Crippen LogP contribution in [0.5, 0.6) is 5.75 Å². The standard InChI is InChI=1S/C26H31FN6O/c1-16(2)31-24(14-22(28)17-9-11-29-12-10-17)32-26-30-15-18-5-4-6-21(25(18)33-26)20-8-7-19(27)13-23(20)34-3/h4-8,13-17,28-29,31H,9-12H2,1-3H3,(H,30,32,33)/b24-14+,28-22?. The van der Waals surface area contributed by atoms with Gasteiger partial charge < -0.3 is 26.1 Å². The minimum absolute atomic E-state index is 0.166. The summed E-state index contributed by atoms with van der Waals surface area (Å²) in [5, 5.41) is 19.4. The summed E-state index contributed by atoms with van der Waals surface area (Å²) in [6.45, 7) is 5.96. The zero-order valence-electron chi connectivity index (χ0n) is 19.8. The van der Waals surface area contributed by atoms with Crippen LogP contribution in [0.3, 0.4) is 0 Å². The maximum absolute atomic E-state index is 13.8. The van der Waals surface area contributed by atoms with Crippen LogP contribution in [0, 0.1) is 17.1 Å². The summed E-state index contributed by atoms with van der Waals surface area (Å²) in [6.07, 6.45) is 5.52. The fourth-order valence-corrected chi connectivity index (χ4v) is 4.17. The van der Waals surface area contributed by atoms with Crippen LogP contribution in [0.1, 0.15) is 26.7 Å². The number of hydrogen-bond acceptors (Lipinski definition) is 7. The van der Waals surface area contributed by atoms with E-state index in [1.807, 2.05) is 38.1 Å². The molecule has 0 amide bonds. The van der Waals surface area contributed by atoms with Crippen molar-refractivity contribution in [2.24, 2.45) is 5.92 Å². The first kappa shape index (κ1) is 23.6. The molecule has 4 N–H and O–H groups in total. The van der Waals surface area contributed by atoms with Gasteiger partial charge in [0.05, 0.1) is 12.6 Å². The number of nitrogens with one attached hydrogen (secondary N) is 4. The quantitative estimate of drug-likeness (QED) is 0.362. The molecule has 3 aromatic rings. The first-order valence-electron chi connectivity index (χ1n) is 11.6. The second-order valence-electron chi connectivity index (χ2n) is 8.74. The highest BCUT2D eigenvalue weighted by Gasteiger charge is 2.18. The number of hydrogen-bond donors (Lipinski definition) is 4. The van der Waals surface area contributed by atoms with E-state index in [-0.39, 0.29) is 17.8 Å². The molecule has 1 fully saturated rings. The lowest BCUT2D eigenvalue weighted by atomic mass is 9.93. The molecular weight excluding hydrogens is 431 g/mol. The molecule has 8 heteroatoms. The summed E-state index contributed by atoms with van der Waals surface area (Å²) in [6, 6.07) is 10.4. The lowest BCUT2D eigenvalue weighted by Crippen LogP contribution is -2.32. The van der Waals surface area contributed by atoms with Crippen molar-refractivity contribution >= 4 is 22.6 Å². The van der Waals surface area contributed by atoms with Crippen molar-refractivity contribution in [3.05, 3.63) is 60.3 Å². The third kappa shape index (κ3) is 5.51. The van der Waals surface area contributed by atoms with Gasteiger partial charge in [0.1, 0.15) is 17.4 Å². The summed E-state index contributed by atoms with van der Waals surface area (Å²) < 4.78 is 19.2. The van der Waals surface area contributed by atoms with E-state index in [0.717, 1.165) is 48.0 Å². The van der Waals surface area contributed by atoms with E-state index in [9.17, 15) is 4.39 Å². The van der Waals surface area contributed by atoms with Gasteiger partial charge in [-0.2, -0.15) is 0 Å². The van der Waals surface area contributed by atoms with Gasteiger partial charge in [0.15, 0.2) is 0 Å². The Labute approximate surface area is 199 Å². The largest absolute Gasteiger partial charge is 0.496 e. The van der Waals surface area contributed by atoms with Gasteiger partial charge in [-0.1, -0.05) is 18.2 Å². The number of benzene rings is 2. The summed E-state index contributed by atoms with van der Waals surface area (Å²) in [5.41, 5.74) is 2.89. The van der Waals surface area contributed by atoms with Gasteiger partial charge in [-0.15, -0.1) is 0 Å². The van der Waals surface area contributed by atoms with Crippen molar-refractivity contribution < 1.29 is 9.13 Å². The zero-order chi connectivity index (χ0) is 24.1. The summed E-state index contributed by atoms with van der Waals surface area (Å²) in [5.74, 6) is 1.43. The lowest BCUT2D eigenvalue weighted by molar-refractivity contribution is 0.413. The molecule has 0 saturated carbocycles. The Bertz CT molecular complexity index is 1200. The highest BCUT2D eigenvalue weighted by Crippen LogP contribution is 2.34. The molecule has 0 aliphatic carbocycles. The number of rotatable bonds is 8. The molecule has 0 bridgehead atoms. The number of methoxy groups -OCH3 is 1. The van der Waals surface area contributed by atoms with Gasteiger partial charge in [0.2, 0.25) is 5.95 Å². The third-order valence-corrected chi connectivity index (χ3v) is 5.83. The first-order valence-corrected chi connectivity index (χ1v) is 11.6. The Hall–Kier alpha value is -3.52. The number of halogens is 1. The molecule has 34 heavy (non-hydrogen) atoms. The predicted molar refractivity (Wildman–Crippen MR) is 135 cm³/mol. The van der Waals surface area contributed by atoms with Crippen LogP contribution in [0.4, 0.5) is 10.3 Å². The van der Waals surface area contributed by atoms with Gasteiger partial charge in [0.25, 0.3) is 0 Å². The second kappa shape index (κ2) is 10.6. The number of piperidine rings is 1. The summed E-state index contributed by atoms with van der Waals surface area (Å²) >= 11 is 0. The van der Waals surface area contributed by atoms with Gasteiger partial charge in [-0.05, 0) is 58.0 Å². The van der Waals surface area contributed by atoms with Crippen LogP contribution in [-0.2, 0) is 0 Å². The number of nitrogens with zero attached hydrogens (tertiary/aromatic N) is 2. The van der Waals surface area contributed by atoms with Crippen molar-refractivity contribution in [3.63, 3.8) is 0 Å². The maximum Gasteiger partial charge on any atom is 0.228 e. The molecule has 1 aliphatic rings. The molecule has 1 saturated heterocycles. The van der Waals surface area contributed by atoms with Crippen LogP contribution >= 0.6 is 0 Å². The Morgan fingerprint density at radius 2 is 2.00 bits per heavy atom. The Morgan fingerprint density at radius 3 is 2.74 bits per heavy atom. The van der Waals surface area contributed by atoms with E-state index >= 15 is 0 Å². The van der Waals surface area contributed by atoms with E-state index in [4.69, 9.17) is 15.1 Å². The van der Waals surface area contributed by atoms with Gasteiger partial charge in [-0.25, -0.2) is 14.4 Å². The van der Waals surface area contributed by atoms with E-state index in [2.05, 4.69) is 20.9 Å². The van der Waals surface area contributed by atoms with Crippen molar-refractivity contribution in [3.8, 4) is 16.9 Å². The fraction of sp³-hybridized carbons (Fsp3) is 0.346. The molecule has 1 aromatic heterocycles.